The Morgan fingerprint density at radius 2 is 2.00 bits per heavy atom. The molecule has 60 valence electrons. The highest BCUT2D eigenvalue weighted by molar-refractivity contribution is 4.74. The Kier molecular flexibility index (Phi) is 3.13. The van der Waals surface area contributed by atoms with E-state index in [4.69, 9.17) is 5.73 Å². The van der Waals surface area contributed by atoms with Crippen LogP contribution in [-0.2, 0) is 0 Å². The van der Waals surface area contributed by atoms with E-state index in [1.54, 1.807) is 0 Å². The Morgan fingerprint density at radius 1 is 1.30 bits per heavy atom. The van der Waals surface area contributed by atoms with E-state index in [1.165, 1.54) is 6.42 Å². The van der Waals surface area contributed by atoms with Crippen LogP contribution in [0.15, 0.2) is 0 Å². The van der Waals surface area contributed by atoms with Crippen LogP contribution in [0.4, 0.5) is 4.39 Å². The van der Waals surface area contributed by atoms with Gasteiger partial charge in [-0.15, -0.1) is 0 Å². The summed E-state index contributed by atoms with van der Waals surface area (Å²) in [5.41, 5.74) is 5.40. The Hall–Kier alpha value is -0.110. The van der Waals surface area contributed by atoms with Gasteiger partial charge in [-0.3, -0.25) is 4.39 Å². The molecule has 0 saturated heterocycles. The third-order valence-corrected chi connectivity index (χ3v) is 2.44. The maximum absolute atomic E-state index is 12.1. The van der Waals surface area contributed by atoms with Gasteiger partial charge in [0.1, 0.15) is 0 Å². The van der Waals surface area contributed by atoms with Crippen molar-refractivity contribution in [1.29, 1.82) is 0 Å². The number of rotatable bonds is 3. The van der Waals surface area contributed by atoms with E-state index < -0.39 is 0 Å². The first-order valence-corrected chi connectivity index (χ1v) is 4.12. The lowest BCUT2D eigenvalue weighted by molar-refractivity contribution is 0.354. The summed E-state index contributed by atoms with van der Waals surface area (Å²) in [7, 11) is 0. The minimum absolute atomic E-state index is 0.124. The first-order valence-electron chi connectivity index (χ1n) is 4.12. The van der Waals surface area contributed by atoms with Crippen LogP contribution in [0.5, 0.6) is 0 Å². The molecule has 0 aromatic carbocycles. The van der Waals surface area contributed by atoms with Crippen molar-refractivity contribution < 1.29 is 4.39 Å². The van der Waals surface area contributed by atoms with Crippen LogP contribution in [-0.4, -0.2) is 13.2 Å². The minimum atomic E-state index is -0.124. The normalized spacial score (nSPS) is 33.0. The quantitative estimate of drug-likeness (QED) is 0.643. The molecule has 10 heavy (non-hydrogen) atoms. The molecule has 1 aliphatic carbocycles. The van der Waals surface area contributed by atoms with Crippen molar-refractivity contribution in [2.45, 2.75) is 25.7 Å². The molecule has 1 aliphatic rings. The van der Waals surface area contributed by atoms with Gasteiger partial charge in [0.2, 0.25) is 0 Å². The largest absolute Gasteiger partial charge is 0.330 e. The maximum Gasteiger partial charge on any atom is 0.0922 e. The zero-order valence-electron chi connectivity index (χ0n) is 6.35. The summed E-state index contributed by atoms with van der Waals surface area (Å²) in [4.78, 5) is 0. The Labute approximate surface area is 61.8 Å². The van der Waals surface area contributed by atoms with E-state index in [0.717, 1.165) is 31.7 Å². The van der Waals surface area contributed by atoms with Crippen molar-refractivity contribution in [2.24, 2.45) is 17.6 Å². The molecule has 0 amide bonds. The van der Waals surface area contributed by atoms with Gasteiger partial charge in [0.25, 0.3) is 0 Å². The Bertz CT molecular complexity index is 95.3. The summed E-state index contributed by atoms with van der Waals surface area (Å²) in [6.45, 7) is 0.644. The zero-order chi connectivity index (χ0) is 7.40. The summed E-state index contributed by atoms with van der Waals surface area (Å²) >= 11 is 0. The van der Waals surface area contributed by atoms with Crippen molar-refractivity contribution in [3.63, 3.8) is 0 Å². The predicted octanol–water partition coefficient (Wildman–Crippen LogP) is 1.72. The molecule has 0 heterocycles. The first kappa shape index (κ1) is 7.99. The van der Waals surface area contributed by atoms with E-state index in [2.05, 4.69) is 0 Å². The second-order valence-electron chi connectivity index (χ2n) is 3.28. The smallest absolute Gasteiger partial charge is 0.0922 e. The van der Waals surface area contributed by atoms with Crippen LogP contribution < -0.4 is 5.73 Å². The molecule has 1 saturated carbocycles. The van der Waals surface area contributed by atoms with E-state index in [0.29, 0.717) is 5.92 Å². The van der Waals surface area contributed by atoms with Gasteiger partial charge in [-0.2, -0.15) is 0 Å². The summed E-state index contributed by atoms with van der Waals surface area (Å²) < 4.78 is 12.1. The number of nitrogens with two attached hydrogens (primary N) is 1. The molecule has 1 rings (SSSR count). The highest BCUT2D eigenvalue weighted by Gasteiger charge is 2.23. The van der Waals surface area contributed by atoms with Gasteiger partial charge in [0.05, 0.1) is 6.67 Å². The monoisotopic (exact) mass is 145 g/mol. The van der Waals surface area contributed by atoms with Crippen molar-refractivity contribution in [1.82, 2.24) is 0 Å². The molecular weight excluding hydrogens is 129 g/mol. The van der Waals surface area contributed by atoms with Gasteiger partial charge < -0.3 is 5.73 Å². The fraction of sp³-hybridized carbons (Fsp3) is 1.00. The van der Waals surface area contributed by atoms with E-state index in [9.17, 15) is 4.39 Å². The van der Waals surface area contributed by atoms with Crippen molar-refractivity contribution in [3.8, 4) is 0 Å². The average Bonchev–Trinajstić information content (AvgIpc) is 2.37. The maximum atomic E-state index is 12.1. The minimum Gasteiger partial charge on any atom is -0.330 e. The lowest BCUT2D eigenvalue weighted by Gasteiger charge is -2.06. The van der Waals surface area contributed by atoms with E-state index in [1.807, 2.05) is 0 Å². The van der Waals surface area contributed by atoms with Crippen LogP contribution >= 0.6 is 0 Å². The third kappa shape index (κ3) is 1.94. The summed E-state index contributed by atoms with van der Waals surface area (Å²) in [5, 5.41) is 0. The van der Waals surface area contributed by atoms with Gasteiger partial charge in [0, 0.05) is 0 Å². The lowest BCUT2D eigenvalue weighted by Crippen LogP contribution is -2.06. The number of hydrogen-bond acceptors (Lipinski definition) is 1. The molecular formula is C8H16FN. The first-order chi connectivity index (χ1) is 4.86. The molecule has 0 aromatic heterocycles. The van der Waals surface area contributed by atoms with E-state index >= 15 is 0 Å². The molecule has 2 unspecified atom stereocenters. The Morgan fingerprint density at radius 3 is 2.50 bits per heavy atom. The van der Waals surface area contributed by atoms with E-state index in [-0.39, 0.29) is 6.67 Å². The highest BCUT2D eigenvalue weighted by Crippen LogP contribution is 2.32. The molecule has 2 atom stereocenters. The van der Waals surface area contributed by atoms with Gasteiger partial charge >= 0.3 is 0 Å². The van der Waals surface area contributed by atoms with Gasteiger partial charge in [-0.05, 0) is 37.6 Å². The van der Waals surface area contributed by atoms with Crippen molar-refractivity contribution >= 4 is 0 Å². The fourth-order valence-electron chi connectivity index (χ4n) is 1.82. The molecule has 0 aromatic rings. The van der Waals surface area contributed by atoms with Crippen LogP contribution in [0.2, 0.25) is 0 Å². The number of alkyl halides is 1. The summed E-state index contributed by atoms with van der Waals surface area (Å²) in [6, 6.07) is 0. The molecule has 0 radical (unpaired) electrons. The van der Waals surface area contributed by atoms with Crippen molar-refractivity contribution in [3.05, 3.63) is 0 Å². The molecule has 2 heteroatoms. The van der Waals surface area contributed by atoms with Gasteiger partial charge in [-0.25, -0.2) is 0 Å². The second kappa shape index (κ2) is 3.91. The van der Waals surface area contributed by atoms with Crippen LogP contribution in [0.1, 0.15) is 25.7 Å². The third-order valence-electron chi connectivity index (χ3n) is 2.44. The number of halogens is 1. The van der Waals surface area contributed by atoms with Gasteiger partial charge in [0.15, 0.2) is 0 Å². The zero-order valence-corrected chi connectivity index (χ0v) is 6.35. The summed E-state index contributed by atoms with van der Waals surface area (Å²) in [6.07, 6.45) is 4.46. The molecule has 0 aliphatic heterocycles. The fourth-order valence-corrected chi connectivity index (χ4v) is 1.82. The van der Waals surface area contributed by atoms with Crippen LogP contribution in [0, 0.1) is 11.8 Å². The number of hydrogen-bond donors (Lipinski definition) is 1. The standard InChI is InChI=1S/C8H16FN/c9-6-8-2-1-7(5-8)3-4-10/h7-8H,1-6,10H2. The SMILES string of the molecule is NCCC1CCC(CF)C1. The molecule has 0 bridgehead atoms. The lowest BCUT2D eigenvalue weighted by atomic mass is 10.0. The summed E-state index contributed by atoms with van der Waals surface area (Å²) in [5.74, 6) is 1.09. The molecule has 1 fully saturated rings. The topological polar surface area (TPSA) is 26.0 Å². The molecule has 0 spiro atoms. The second-order valence-corrected chi connectivity index (χ2v) is 3.28. The average molecular weight is 145 g/mol. The van der Waals surface area contributed by atoms with Gasteiger partial charge in [-0.1, -0.05) is 6.42 Å². The Balaban J connectivity index is 2.15. The highest BCUT2D eigenvalue weighted by atomic mass is 19.1. The molecule has 2 N–H and O–H groups in total. The van der Waals surface area contributed by atoms with Crippen molar-refractivity contribution in [2.75, 3.05) is 13.2 Å². The van der Waals surface area contributed by atoms with Crippen LogP contribution in [0.3, 0.4) is 0 Å². The predicted molar refractivity (Wildman–Crippen MR) is 40.5 cm³/mol. The van der Waals surface area contributed by atoms with Crippen LogP contribution in [0.25, 0.3) is 0 Å². The molecule has 1 nitrogen and oxygen atoms in total.